The summed E-state index contributed by atoms with van der Waals surface area (Å²) in [6.07, 6.45) is 0.828. The summed E-state index contributed by atoms with van der Waals surface area (Å²) in [5, 5.41) is -0.924. The van der Waals surface area contributed by atoms with Crippen molar-refractivity contribution in [3.8, 4) is 23.0 Å². The van der Waals surface area contributed by atoms with Crippen LogP contribution in [0.5, 0.6) is 23.0 Å². The van der Waals surface area contributed by atoms with Gasteiger partial charge in [0.1, 0.15) is 0 Å². The Kier molecular flexibility index (Phi) is 11.7. The summed E-state index contributed by atoms with van der Waals surface area (Å²) in [5.74, 6) is -2.34. The summed E-state index contributed by atoms with van der Waals surface area (Å²) in [7, 11) is -10.7. The topological polar surface area (TPSA) is 212 Å². The van der Waals surface area contributed by atoms with Crippen LogP contribution in [0.25, 0.3) is 32.7 Å². The van der Waals surface area contributed by atoms with Gasteiger partial charge in [0.05, 0.1) is 24.0 Å². The van der Waals surface area contributed by atoms with Crippen LogP contribution in [0.2, 0.25) is 0 Å². The third-order valence-corrected chi connectivity index (χ3v) is 5.54. The van der Waals surface area contributed by atoms with Crippen LogP contribution in [0.1, 0.15) is 26.7 Å². The minimum Gasteiger partial charge on any atom is -0.716 e. The van der Waals surface area contributed by atoms with Gasteiger partial charge in [0.25, 0.3) is 20.8 Å². The maximum absolute atomic E-state index is 12.9. The number of benzene rings is 2. The van der Waals surface area contributed by atoms with Crippen LogP contribution >= 0.6 is 0 Å². The largest absolute Gasteiger partial charge is 1.00 e. The molecule has 4 rings (SSSR count). The standard InChI is InChI=1S/C20H18O14S2.2K/c1-3-5-29-15-11(33-35(23,24)25)7-9-13-14-10(19(21)31-17(13)15)8-12(34-36(26,27)28)16(30-6-4-2)18(14)32-20(9)22;;/h7-8H,3-6H2,1-2H3,(H,23,24,25)(H,26,27,28);;/q;2*+1/p-2. The second kappa shape index (κ2) is 13.1. The molecule has 0 spiro atoms. The Labute approximate surface area is 300 Å². The molecule has 0 aliphatic rings. The van der Waals surface area contributed by atoms with Crippen molar-refractivity contribution in [2.75, 3.05) is 13.2 Å². The van der Waals surface area contributed by atoms with Crippen molar-refractivity contribution in [3.63, 3.8) is 0 Å². The van der Waals surface area contributed by atoms with Crippen molar-refractivity contribution >= 4 is 53.5 Å². The Bertz CT molecular complexity index is 1680. The molecule has 0 bridgehead atoms. The zero-order valence-electron chi connectivity index (χ0n) is 20.5. The molecule has 38 heavy (non-hydrogen) atoms. The van der Waals surface area contributed by atoms with E-state index in [9.17, 15) is 35.5 Å². The van der Waals surface area contributed by atoms with E-state index in [4.69, 9.17) is 18.3 Å². The molecular formula is C20H16K2O14S2. The first-order valence-electron chi connectivity index (χ1n) is 10.3. The Balaban J connectivity index is 0.00000253. The van der Waals surface area contributed by atoms with Crippen LogP contribution in [-0.4, -0.2) is 39.2 Å². The van der Waals surface area contributed by atoms with Crippen molar-refractivity contribution < 1.29 is 155 Å². The first-order valence-corrected chi connectivity index (χ1v) is 12.9. The van der Waals surface area contributed by atoms with Crippen LogP contribution in [-0.2, 0) is 20.8 Å². The third-order valence-electron chi connectivity index (χ3n) is 4.77. The molecule has 0 atom stereocenters. The van der Waals surface area contributed by atoms with Crippen LogP contribution in [0.3, 0.4) is 0 Å². The van der Waals surface area contributed by atoms with Crippen LogP contribution in [0.15, 0.2) is 30.6 Å². The van der Waals surface area contributed by atoms with Gasteiger partial charge in [-0.05, 0) is 12.8 Å². The molecule has 0 saturated carbocycles. The molecular weight excluding hydrogens is 607 g/mol. The Morgan fingerprint density at radius 1 is 0.711 bits per heavy atom. The molecule has 194 valence electrons. The first-order chi connectivity index (χ1) is 16.8. The van der Waals surface area contributed by atoms with Crippen molar-refractivity contribution in [1.29, 1.82) is 0 Å². The molecule has 18 heteroatoms. The molecule has 0 fully saturated rings. The zero-order valence-corrected chi connectivity index (χ0v) is 28.4. The number of hydrogen-bond donors (Lipinski definition) is 0. The summed E-state index contributed by atoms with van der Waals surface area (Å²) < 4.78 is 98.1. The molecule has 0 aliphatic heterocycles. The molecule has 4 aromatic rings. The van der Waals surface area contributed by atoms with E-state index in [0.29, 0.717) is 12.8 Å². The average Bonchev–Trinajstić information content (AvgIpc) is 2.75. The van der Waals surface area contributed by atoms with E-state index in [2.05, 4.69) is 8.37 Å². The third kappa shape index (κ3) is 7.11. The van der Waals surface area contributed by atoms with E-state index in [0.717, 1.165) is 12.1 Å². The van der Waals surface area contributed by atoms with Crippen molar-refractivity contribution in [2.45, 2.75) is 26.7 Å². The van der Waals surface area contributed by atoms with E-state index >= 15 is 0 Å². The van der Waals surface area contributed by atoms with E-state index in [1.54, 1.807) is 13.8 Å². The number of hydrogen-bond acceptors (Lipinski definition) is 14. The quantitative estimate of drug-likeness (QED) is 0.0539. The van der Waals surface area contributed by atoms with E-state index in [1.807, 2.05) is 0 Å². The van der Waals surface area contributed by atoms with Gasteiger partial charge >= 0.3 is 114 Å². The summed E-state index contributed by atoms with van der Waals surface area (Å²) in [4.78, 5) is 25.8. The van der Waals surface area contributed by atoms with Gasteiger partial charge < -0.3 is 35.8 Å². The molecule has 2 heterocycles. The van der Waals surface area contributed by atoms with Gasteiger partial charge in [-0.2, -0.15) is 0 Å². The summed E-state index contributed by atoms with van der Waals surface area (Å²) in [6, 6.07) is 1.74. The fourth-order valence-corrected chi connectivity index (χ4v) is 4.25. The maximum atomic E-state index is 12.9. The predicted octanol–water partition coefficient (Wildman–Crippen LogP) is -4.25. The first kappa shape index (κ1) is 33.9. The molecule has 14 nitrogen and oxygen atoms in total. The smallest absolute Gasteiger partial charge is 0.716 e. The van der Waals surface area contributed by atoms with Crippen LogP contribution < -0.4 is 132 Å². The van der Waals surface area contributed by atoms with Gasteiger partial charge in [-0.3, -0.25) is 0 Å². The minimum absolute atomic E-state index is 0. The van der Waals surface area contributed by atoms with Crippen molar-refractivity contribution in [2.24, 2.45) is 0 Å². The fraction of sp³-hybridized carbons (Fsp3) is 0.300. The molecule has 0 radical (unpaired) electrons. The Morgan fingerprint density at radius 3 is 1.34 bits per heavy atom. The second-order valence-electron chi connectivity index (χ2n) is 7.37. The molecule has 0 unspecified atom stereocenters. The van der Waals surface area contributed by atoms with Gasteiger partial charge in [-0.25, -0.2) is 26.4 Å². The van der Waals surface area contributed by atoms with E-state index in [-0.39, 0.29) is 138 Å². The van der Waals surface area contributed by atoms with Crippen molar-refractivity contribution in [1.82, 2.24) is 0 Å². The SMILES string of the molecule is CCCOc1c(OS(=O)(=O)[O-])cc2c(=O)oc3c(OCCC)c(OS(=O)(=O)[O-])cc4c(=O)oc1c2c34.[K+].[K+]. The second-order valence-corrected chi connectivity index (χ2v) is 9.34. The van der Waals surface area contributed by atoms with Gasteiger partial charge in [0.2, 0.25) is 11.5 Å². The molecule has 2 aromatic heterocycles. The summed E-state index contributed by atoms with van der Waals surface area (Å²) in [5.41, 5.74) is -3.16. The Hall–Kier alpha value is -0.327. The average molecular weight is 623 g/mol. The monoisotopic (exact) mass is 622 g/mol. The van der Waals surface area contributed by atoms with Crippen LogP contribution in [0, 0.1) is 0 Å². The predicted molar refractivity (Wildman–Crippen MR) is 119 cm³/mol. The van der Waals surface area contributed by atoms with Crippen molar-refractivity contribution in [3.05, 3.63) is 33.0 Å². The zero-order chi connectivity index (χ0) is 26.4. The van der Waals surface area contributed by atoms with Gasteiger partial charge in [0, 0.05) is 22.9 Å². The fourth-order valence-electron chi connectivity index (χ4n) is 3.57. The van der Waals surface area contributed by atoms with Gasteiger partial charge in [-0.1, -0.05) is 13.8 Å². The molecule has 0 saturated heterocycles. The van der Waals surface area contributed by atoms with Crippen LogP contribution in [0.4, 0.5) is 0 Å². The normalized spacial score (nSPS) is 11.8. The maximum Gasteiger partial charge on any atom is 1.00 e. The Morgan fingerprint density at radius 2 is 1.05 bits per heavy atom. The van der Waals surface area contributed by atoms with Gasteiger partial charge in [-0.15, -0.1) is 0 Å². The number of ether oxygens (including phenoxy) is 2. The molecule has 2 aromatic carbocycles. The molecule has 0 aliphatic carbocycles. The molecule has 0 N–H and O–H groups in total. The van der Waals surface area contributed by atoms with E-state index < -0.39 is 66.2 Å². The summed E-state index contributed by atoms with van der Waals surface area (Å²) >= 11 is 0. The molecule has 0 amide bonds. The van der Waals surface area contributed by atoms with Gasteiger partial charge in [0.15, 0.2) is 22.7 Å². The van der Waals surface area contributed by atoms with E-state index in [1.165, 1.54) is 0 Å². The minimum atomic E-state index is -5.34. The number of rotatable bonds is 10. The summed E-state index contributed by atoms with van der Waals surface area (Å²) in [6.45, 7) is 3.38.